The number of likely N-dealkylation sites (tertiary alicyclic amines) is 1. The van der Waals surface area contributed by atoms with Crippen molar-refractivity contribution in [3.63, 3.8) is 0 Å². The number of carbonyl (C=O) groups excluding carboxylic acids is 3. The molecule has 164 valence electrons. The summed E-state index contributed by atoms with van der Waals surface area (Å²) in [4.78, 5) is 42.9. The first kappa shape index (κ1) is 19.9. The fourth-order valence-electron chi connectivity index (χ4n) is 6.18. The van der Waals surface area contributed by atoms with Crippen molar-refractivity contribution in [2.75, 3.05) is 11.6 Å². The average molecular weight is 437 g/mol. The number of imide groups is 1. The molecule has 0 N–H and O–H groups in total. The SMILES string of the molecule is CC(=O)N(CN1C(=O)C2C3c4ccccc4C(c4ccccc43)C2C1=O)c1cccc(C)c1. The van der Waals surface area contributed by atoms with Gasteiger partial charge in [-0.3, -0.25) is 24.2 Å². The van der Waals surface area contributed by atoms with Crippen LogP contribution in [0.2, 0.25) is 0 Å². The number of benzene rings is 3. The third-order valence-corrected chi connectivity index (χ3v) is 7.52. The van der Waals surface area contributed by atoms with Gasteiger partial charge in [-0.25, -0.2) is 0 Å². The quantitative estimate of drug-likeness (QED) is 0.579. The number of nitrogens with zero attached hydrogens (tertiary/aromatic N) is 2. The molecule has 3 aromatic carbocycles. The van der Waals surface area contributed by atoms with Gasteiger partial charge in [0.05, 0.1) is 11.8 Å². The van der Waals surface area contributed by atoms with Crippen LogP contribution in [0.4, 0.5) is 5.69 Å². The lowest BCUT2D eigenvalue weighted by Gasteiger charge is -2.45. The normalized spacial score (nSPS) is 24.4. The Morgan fingerprint density at radius 2 is 1.27 bits per heavy atom. The molecule has 2 bridgehead atoms. The second-order valence-corrected chi connectivity index (χ2v) is 9.30. The average Bonchev–Trinajstić information content (AvgIpc) is 3.07. The highest BCUT2D eigenvalue weighted by atomic mass is 16.2. The number of aryl methyl sites for hydroxylation is 1. The predicted octanol–water partition coefficient (Wildman–Crippen LogP) is 4.20. The molecule has 1 fully saturated rings. The zero-order valence-corrected chi connectivity index (χ0v) is 18.6. The zero-order valence-electron chi connectivity index (χ0n) is 18.6. The van der Waals surface area contributed by atoms with E-state index in [1.54, 1.807) is 0 Å². The van der Waals surface area contributed by atoms with Gasteiger partial charge in [0.2, 0.25) is 17.7 Å². The Morgan fingerprint density at radius 3 is 1.70 bits per heavy atom. The van der Waals surface area contributed by atoms with E-state index in [2.05, 4.69) is 24.3 Å². The number of hydrogen-bond donors (Lipinski definition) is 0. The lowest BCUT2D eigenvalue weighted by Crippen LogP contribution is -2.44. The van der Waals surface area contributed by atoms with Gasteiger partial charge in [-0.05, 0) is 46.9 Å². The van der Waals surface area contributed by atoms with Crippen molar-refractivity contribution >= 4 is 23.4 Å². The Bertz CT molecular complexity index is 1210. The van der Waals surface area contributed by atoms with Crippen molar-refractivity contribution in [3.05, 3.63) is 101 Å². The summed E-state index contributed by atoms with van der Waals surface area (Å²) >= 11 is 0. The van der Waals surface area contributed by atoms with Crippen LogP contribution in [0.1, 0.15) is 46.6 Å². The van der Waals surface area contributed by atoms with Crippen LogP contribution >= 0.6 is 0 Å². The summed E-state index contributed by atoms with van der Waals surface area (Å²) in [5.41, 5.74) is 6.28. The van der Waals surface area contributed by atoms with Gasteiger partial charge in [0.15, 0.2) is 0 Å². The molecular formula is C28H24N2O3. The van der Waals surface area contributed by atoms with Gasteiger partial charge in [-0.1, -0.05) is 60.7 Å². The lowest BCUT2D eigenvalue weighted by atomic mass is 9.55. The van der Waals surface area contributed by atoms with Gasteiger partial charge in [-0.15, -0.1) is 0 Å². The number of amides is 3. The third-order valence-electron chi connectivity index (χ3n) is 7.52. The Balaban J connectivity index is 1.43. The Morgan fingerprint density at radius 1 is 0.788 bits per heavy atom. The van der Waals surface area contributed by atoms with E-state index in [0.717, 1.165) is 27.8 Å². The summed E-state index contributed by atoms with van der Waals surface area (Å²) < 4.78 is 0. The molecule has 4 aliphatic rings. The Kier molecular flexibility index (Phi) is 4.31. The summed E-state index contributed by atoms with van der Waals surface area (Å²) in [6.07, 6.45) is 0. The van der Waals surface area contributed by atoms with Crippen LogP contribution in [0.25, 0.3) is 0 Å². The summed E-state index contributed by atoms with van der Waals surface area (Å²) in [6, 6.07) is 23.9. The number of anilines is 1. The molecule has 3 aromatic rings. The fourth-order valence-corrected chi connectivity index (χ4v) is 6.18. The van der Waals surface area contributed by atoms with Crippen LogP contribution < -0.4 is 4.90 Å². The fraction of sp³-hybridized carbons (Fsp3) is 0.250. The van der Waals surface area contributed by atoms with Crippen molar-refractivity contribution in [3.8, 4) is 0 Å². The smallest absolute Gasteiger partial charge is 0.235 e. The summed E-state index contributed by atoms with van der Waals surface area (Å²) in [5, 5.41) is 0. The maximum absolute atomic E-state index is 13.8. The molecule has 1 aliphatic heterocycles. The molecule has 2 unspecified atom stereocenters. The van der Waals surface area contributed by atoms with Crippen LogP contribution in [0, 0.1) is 18.8 Å². The van der Waals surface area contributed by atoms with E-state index in [9.17, 15) is 14.4 Å². The van der Waals surface area contributed by atoms with Crippen molar-refractivity contribution < 1.29 is 14.4 Å². The van der Waals surface area contributed by atoms with Gasteiger partial charge < -0.3 is 0 Å². The highest BCUT2D eigenvalue weighted by Crippen LogP contribution is 2.60. The number of hydrogen-bond acceptors (Lipinski definition) is 3. The number of rotatable bonds is 3. The van der Waals surface area contributed by atoms with Gasteiger partial charge in [-0.2, -0.15) is 0 Å². The molecule has 3 amide bonds. The van der Waals surface area contributed by atoms with Crippen molar-refractivity contribution in [2.45, 2.75) is 25.7 Å². The van der Waals surface area contributed by atoms with Gasteiger partial charge in [0, 0.05) is 24.4 Å². The van der Waals surface area contributed by atoms with Crippen LogP contribution in [0.15, 0.2) is 72.8 Å². The van der Waals surface area contributed by atoms with Gasteiger partial charge >= 0.3 is 0 Å². The molecule has 0 saturated carbocycles. The monoisotopic (exact) mass is 436 g/mol. The molecule has 2 atom stereocenters. The number of carbonyl (C=O) groups is 3. The summed E-state index contributed by atoms with van der Waals surface area (Å²) in [7, 11) is 0. The van der Waals surface area contributed by atoms with Crippen LogP contribution in [-0.2, 0) is 14.4 Å². The minimum absolute atomic E-state index is 0.0599. The second-order valence-electron chi connectivity index (χ2n) is 9.30. The highest BCUT2D eigenvalue weighted by Gasteiger charge is 2.61. The standard InChI is InChI=1S/C28H24N2O3/c1-16-8-7-9-18(14-16)29(17(2)31)15-30-27(32)25-23-19-10-3-4-11-20(19)24(26(25)28(30)33)22-13-6-5-12-21(22)23/h3-14,23-26H,15H2,1-2H3. The molecule has 33 heavy (non-hydrogen) atoms. The molecule has 3 aliphatic carbocycles. The zero-order chi connectivity index (χ0) is 22.9. The van der Waals surface area contributed by atoms with Crippen molar-refractivity contribution in [1.82, 2.24) is 4.90 Å². The molecule has 7 rings (SSSR count). The Hall–Kier alpha value is -3.73. The minimum atomic E-state index is -0.432. The van der Waals surface area contributed by atoms with E-state index in [1.165, 1.54) is 16.7 Å². The van der Waals surface area contributed by atoms with E-state index in [4.69, 9.17) is 0 Å². The first-order chi connectivity index (χ1) is 16.0. The van der Waals surface area contributed by atoms with Crippen LogP contribution in [0.5, 0.6) is 0 Å². The van der Waals surface area contributed by atoms with Crippen molar-refractivity contribution in [1.29, 1.82) is 0 Å². The molecule has 0 aromatic heterocycles. The van der Waals surface area contributed by atoms with Crippen molar-refractivity contribution in [2.24, 2.45) is 11.8 Å². The lowest BCUT2D eigenvalue weighted by molar-refractivity contribution is -0.140. The summed E-state index contributed by atoms with van der Waals surface area (Å²) in [5.74, 6) is -1.70. The first-order valence-corrected chi connectivity index (χ1v) is 11.3. The maximum Gasteiger partial charge on any atom is 0.235 e. The molecular weight excluding hydrogens is 412 g/mol. The van der Waals surface area contributed by atoms with E-state index in [-0.39, 0.29) is 36.2 Å². The van der Waals surface area contributed by atoms with Crippen LogP contribution in [0.3, 0.4) is 0 Å². The molecule has 5 heteroatoms. The third kappa shape index (κ3) is 2.75. The Labute approximate surface area is 192 Å². The van der Waals surface area contributed by atoms with Crippen LogP contribution in [-0.4, -0.2) is 29.3 Å². The first-order valence-electron chi connectivity index (χ1n) is 11.3. The molecule has 1 heterocycles. The molecule has 0 radical (unpaired) electrons. The van der Waals surface area contributed by atoms with Gasteiger partial charge in [0.1, 0.15) is 6.67 Å². The van der Waals surface area contributed by atoms with E-state index < -0.39 is 11.8 Å². The largest absolute Gasteiger partial charge is 0.294 e. The second kappa shape index (κ2) is 7.14. The molecule has 0 spiro atoms. The van der Waals surface area contributed by atoms with Gasteiger partial charge in [0.25, 0.3) is 0 Å². The molecule has 5 nitrogen and oxygen atoms in total. The topological polar surface area (TPSA) is 57.7 Å². The summed E-state index contributed by atoms with van der Waals surface area (Å²) in [6.45, 7) is 3.36. The highest BCUT2D eigenvalue weighted by molar-refractivity contribution is 6.08. The van der Waals surface area contributed by atoms with E-state index >= 15 is 0 Å². The molecule has 1 saturated heterocycles. The van der Waals surface area contributed by atoms with E-state index in [0.29, 0.717) is 5.69 Å². The minimum Gasteiger partial charge on any atom is -0.294 e. The predicted molar refractivity (Wildman–Crippen MR) is 125 cm³/mol. The maximum atomic E-state index is 13.8. The van der Waals surface area contributed by atoms with E-state index in [1.807, 2.05) is 55.5 Å².